The third-order valence-corrected chi connectivity index (χ3v) is 3.23. The molecule has 0 fully saturated rings. The van der Waals surface area contributed by atoms with Crippen LogP contribution < -0.4 is 5.73 Å². The van der Waals surface area contributed by atoms with Gasteiger partial charge in [0.05, 0.1) is 4.47 Å². The minimum atomic E-state index is -0.264. The first-order chi connectivity index (χ1) is 7.68. The Labute approximate surface area is 101 Å². The van der Waals surface area contributed by atoms with E-state index in [2.05, 4.69) is 20.9 Å². The number of rotatable bonds is 2. The molecule has 4 heteroatoms. The van der Waals surface area contributed by atoms with Crippen molar-refractivity contribution in [1.82, 2.24) is 4.98 Å². The van der Waals surface area contributed by atoms with Crippen LogP contribution in [0, 0.1) is 5.82 Å². The van der Waals surface area contributed by atoms with Crippen molar-refractivity contribution >= 4 is 21.7 Å². The Balaban J connectivity index is 2.35. The molecule has 0 aliphatic rings. The second kappa shape index (κ2) is 4.61. The number of anilines is 1. The number of nitrogens with two attached hydrogens (primary N) is 1. The first-order valence-corrected chi connectivity index (χ1v) is 5.60. The molecule has 0 saturated carbocycles. The molecule has 16 heavy (non-hydrogen) atoms. The molecule has 0 bridgehead atoms. The van der Waals surface area contributed by atoms with Crippen LogP contribution in [0.1, 0.15) is 11.1 Å². The van der Waals surface area contributed by atoms with Gasteiger partial charge in [-0.25, -0.2) is 9.37 Å². The zero-order valence-electron chi connectivity index (χ0n) is 8.45. The van der Waals surface area contributed by atoms with Gasteiger partial charge in [-0.2, -0.15) is 0 Å². The molecular formula is C12H10BrFN2. The van der Waals surface area contributed by atoms with Gasteiger partial charge in [0.2, 0.25) is 0 Å². The molecule has 2 aromatic rings. The topological polar surface area (TPSA) is 38.9 Å². The molecule has 0 saturated heterocycles. The Kier molecular flexibility index (Phi) is 3.19. The van der Waals surface area contributed by atoms with Crippen LogP contribution >= 0.6 is 15.9 Å². The fourth-order valence-electron chi connectivity index (χ4n) is 1.49. The SMILES string of the molecule is Nc1ncccc1Cc1cccc(F)c1Br. The summed E-state index contributed by atoms with van der Waals surface area (Å²) in [6.45, 7) is 0. The van der Waals surface area contributed by atoms with Gasteiger partial charge in [-0.3, -0.25) is 0 Å². The van der Waals surface area contributed by atoms with E-state index in [-0.39, 0.29) is 5.82 Å². The highest BCUT2D eigenvalue weighted by atomic mass is 79.9. The van der Waals surface area contributed by atoms with Crippen molar-refractivity contribution in [3.05, 3.63) is 57.9 Å². The number of nitrogen functional groups attached to an aromatic ring is 1. The van der Waals surface area contributed by atoms with Crippen LogP contribution in [0.5, 0.6) is 0 Å². The second-order valence-corrected chi connectivity index (χ2v) is 4.23. The predicted molar refractivity (Wildman–Crippen MR) is 65.6 cm³/mol. The summed E-state index contributed by atoms with van der Waals surface area (Å²) in [5, 5.41) is 0. The highest BCUT2D eigenvalue weighted by Crippen LogP contribution is 2.24. The molecule has 1 aromatic heterocycles. The average Bonchev–Trinajstić information content (AvgIpc) is 2.28. The van der Waals surface area contributed by atoms with Gasteiger partial charge in [0.15, 0.2) is 0 Å². The molecular weight excluding hydrogens is 271 g/mol. The van der Waals surface area contributed by atoms with Gasteiger partial charge >= 0.3 is 0 Å². The highest BCUT2D eigenvalue weighted by Gasteiger charge is 2.07. The number of hydrogen-bond donors (Lipinski definition) is 1. The fourth-order valence-corrected chi connectivity index (χ4v) is 1.89. The third kappa shape index (κ3) is 2.22. The van der Waals surface area contributed by atoms with Crippen molar-refractivity contribution in [2.75, 3.05) is 5.73 Å². The average molecular weight is 281 g/mol. The molecule has 0 aliphatic carbocycles. The van der Waals surface area contributed by atoms with E-state index in [1.807, 2.05) is 18.2 Å². The maximum atomic E-state index is 13.3. The Bertz CT molecular complexity index is 514. The van der Waals surface area contributed by atoms with Crippen LogP contribution in [0.4, 0.5) is 10.2 Å². The summed E-state index contributed by atoms with van der Waals surface area (Å²) >= 11 is 3.23. The lowest BCUT2D eigenvalue weighted by molar-refractivity contribution is 0.619. The lowest BCUT2D eigenvalue weighted by atomic mass is 10.1. The van der Waals surface area contributed by atoms with Crippen molar-refractivity contribution in [3.63, 3.8) is 0 Å². The van der Waals surface area contributed by atoms with Crippen molar-refractivity contribution in [1.29, 1.82) is 0 Å². The number of halogens is 2. The van der Waals surface area contributed by atoms with Crippen LogP contribution in [0.3, 0.4) is 0 Å². The highest BCUT2D eigenvalue weighted by molar-refractivity contribution is 9.10. The molecule has 1 aromatic carbocycles. The Morgan fingerprint density at radius 3 is 2.69 bits per heavy atom. The van der Waals surface area contributed by atoms with Crippen LogP contribution in [0.2, 0.25) is 0 Å². The number of aromatic nitrogens is 1. The summed E-state index contributed by atoms with van der Waals surface area (Å²) in [6.07, 6.45) is 2.21. The van der Waals surface area contributed by atoms with Crippen molar-refractivity contribution < 1.29 is 4.39 Å². The smallest absolute Gasteiger partial charge is 0.137 e. The van der Waals surface area contributed by atoms with E-state index < -0.39 is 0 Å². The van der Waals surface area contributed by atoms with Gasteiger partial charge < -0.3 is 5.73 Å². The molecule has 0 unspecified atom stereocenters. The number of pyridine rings is 1. The van der Waals surface area contributed by atoms with Gasteiger partial charge in [0.25, 0.3) is 0 Å². The Morgan fingerprint density at radius 2 is 1.94 bits per heavy atom. The lowest BCUT2D eigenvalue weighted by Gasteiger charge is -2.07. The van der Waals surface area contributed by atoms with Gasteiger partial charge in [-0.1, -0.05) is 18.2 Å². The van der Waals surface area contributed by atoms with Gasteiger partial charge in [-0.15, -0.1) is 0 Å². The minimum Gasteiger partial charge on any atom is -0.383 e. The Hall–Kier alpha value is -1.42. The fraction of sp³-hybridized carbons (Fsp3) is 0.0833. The second-order valence-electron chi connectivity index (χ2n) is 3.44. The van der Waals surface area contributed by atoms with Crippen molar-refractivity contribution in [2.24, 2.45) is 0 Å². The third-order valence-electron chi connectivity index (χ3n) is 2.34. The maximum absolute atomic E-state index is 13.3. The summed E-state index contributed by atoms with van der Waals surface area (Å²) in [7, 11) is 0. The molecule has 0 radical (unpaired) electrons. The van der Waals surface area contributed by atoms with Crippen molar-refractivity contribution in [3.8, 4) is 0 Å². The Morgan fingerprint density at radius 1 is 1.19 bits per heavy atom. The van der Waals surface area contributed by atoms with E-state index in [0.29, 0.717) is 16.7 Å². The summed E-state index contributed by atoms with van der Waals surface area (Å²) < 4.78 is 13.8. The monoisotopic (exact) mass is 280 g/mol. The molecule has 0 aliphatic heterocycles. The van der Waals surface area contributed by atoms with E-state index in [1.54, 1.807) is 12.3 Å². The van der Waals surface area contributed by atoms with E-state index in [0.717, 1.165) is 11.1 Å². The van der Waals surface area contributed by atoms with Gasteiger partial charge in [-0.05, 0) is 39.2 Å². The molecule has 2 rings (SSSR count). The molecule has 2 N–H and O–H groups in total. The summed E-state index contributed by atoms with van der Waals surface area (Å²) in [5.41, 5.74) is 7.49. The molecule has 0 atom stereocenters. The van der Waals surface area contributed by atoms with Crippen LogP contribution in [-0.4, -0.2) is 4.98 Å². The predicted octanol–water partition coefficient (Wildman–Crippen LogP) is 3.16. The van der Waals surface area contributed by atoms with Gasteiger partial charge in [0, 0.05) is 12.6 Å². The summed E-state index contributed by atoms with van der Waals surface area (Å²) in [6, 6.07) is 8.67. The molecule has 82 valence electrons. The normalized spacial score (nSPS) is 10.4. The largest absolute Gasteiger partial charge is 0.383 e. The molecule has 0 amide bonds. The first-order valence-electron chi connectivity index (χ1n) is 4.80. The minimum absolute atomic E-state index is 0.264. The molecule has 0 spiro atoms. The first kappa shape index (κ1) is 11.1. The summed E-state index contributed by atoms with van der Waals surface area (Å²) in [5.74, 6) is 0.221. The molecule has 2 nitrogen and oxygen atoms in total. The zero-order chi connectivity index (χ0) is 11.5. The van der Waals surface area contributed by atoms with E-state index in [4.69, 9.17) is 5.73 Å². The standard InChI is InChI=1S/C12H10BrFN2/c13-11-8(3-1-5-10(11)14)7-9-4-2-6-16-12(9)15/h1-6H,7H2,(H2,15,16). The maximum Gasteiger partial charge on any atom is 0.137 e. The van der Waals surface area contributed by atoms with Crippen LogP contribution in [-0.2, 0) is 6.42 Å². The van der Waals surface area contributed by atoms with E-state index in [9.17, 15) is 4.39 Å². The molecule has 1 heterocycles. The van der Waals surface area contributed by atoms with E-state index >= 15 is 0 Å². The zero-order valence-corrected chi connectivity index (χ0v) is 10.0. The lowest BCUT2D eigenvalue weighted by Crippen LogP contribution is -1.99. The number of hydrogen-bond acceptors (Lipinski definition) is 2. The van der Waals surface area contributed by atoms with Gasteiger partial charge in [0.1, 0.15) is 11.6 Å². The summed E-state index contributed by atoms with van der Waals surface area (Å²) in [4.78, 5) is 4.00. The quantitative estimate of drug-likeness (QED) is 0.918. The van der Waals surface area contributed by atoms with E-state index in [1.165, 1.54) is 6.07 Å². The van der Waals surface area contributed by atoms with Crippen LogP contribution in [0.25, 0.3) is 0 Å². The van der Waals surface area contributed by atoms with Crippen molar-refractivity contribution in [2.45, 2.75) is 6.42 Å². The number of nitrogens with zero attached hydrogens (tertiary/aromatic N) is 1. The van der Waals surface area contributed by atoms with Crippen LogP contribution in [0.15, 0.2) is 41.0 Å². The number of benzene rings is 1.